The lowest BCUT2D eigenvalue weighted by Gasteiger charge is -2.45. The second kappa shape index (κ2) is 45.0. The topological polar surface area (TPSA) is 366 Å². The van der Waals surface area contributed by atoms with Crippen LogP contribution in [-0.4, -0.2) is 483 Å². The molecule has 0 aliphatic carbocycles. The normalized spacial score (nSPS) is 33.5. The van der Waals surface area contributed by atoms with Gasteiger partial charge in [-0.15, -0.1) is 0 Å². The molecule has 8 rings (SSSR count). The molecule has 1 amide bonds. The highest BCUT2D eigenvalue weighted by molar-refractivity contribution is 7.55. The van der Waals surface area contributed by atoms with Crippen molar-refractivity contribution in [2.45, 2.75) is 94.8 Å². The number of piperazine rings is 1. The van der Waals surface area contributed by atoms with Crippen LogP contribution in [0.15, 0.2) is 0 Å². The summed E-state index contributed by atoms with van der Waals surface area (Å²) < 4.78 is 258. The molecule has 49 heteroatoms. The average Bonchev–Trinajstić information content (AvgIpc) is 0.787. The van der Waals surface area contributed by atoms with Crippen molar-refractivity contribution in [1.29, 1.82) is 0 Å². The summed E-state index contributed by atoms with van der Waals surface area (Å²) in [5, 5.41) is 8.84. The third-order valence-corrected chi connectivity index (χ3v) is 37.8. The minimum atomic E-state index is -4.06. The molecule has 0 spiro atoms. The standard InChI is InChI=1S/C65H137N16O26P7/c1-54-37-79(43-61(104-54)50-100-108(84,66(5)6)75-22-20-74(21-23-75)65(83)96-35-34-92-33-32-91-31-27-82)112(88,70(13)14)99-49-60-42-76(25-29-95-60)109(85,67(7)8)97-48-59-41-77(26-30-94-59)110(86,68(9)10)101-51-62-44-80(38-56(3)105-62)113(89,71(15)16)103-53-64-46-81(39-57(4)107-64)114(90,72(17)18)102-52-63-45-78(36-55(2)106-63)111(87,69(11)12)98-47-58-40-73(19)24-28-93-58/h54-64,82H,20-53H2,1-19H3/t54-,55-,56-,57-,58-,59-,60-,61-,62-,63-,64-,108?,109?,110?,111?,112?,113?,114?/m0/s1/i28T,29T,30T/t28-,29+,30+,54-,55-,56-,57-,58-,59-,60-,61-,62-,63-,64-,108?,109?,110?,111?,112?,113?,114?. The van der Waals surface area contributed by atoms with Crippen LogP contribution in [0.1, 0.15) is 31.8 Å². The largest absolute Gasteiger partial charge is 0.447 e. The van der Waals surface area contributed by atoms with Crippen molar-refractivity contribution >= 4 is 59.8 Å². The first kappa shape index (κ1) is 94.3. The average molecular weight is 1780 g/mol. The summed E-state index contributed by atoms with van der Waals surface area (Å²) in [7, 11) is -2.36. The molecule has 8 aliphatic rings. The van der Waals surface area contributed by atoms with Gasteiger partial charge in [0.05, 0.1) is 170 Å². The number of carbonyl (C=O) groups excluding carboxylic acids is 1. The number of aliphatic hydroxyl groups is 1. The number of morpholine rings is 7. The van der Waals surface area contributed by atoms with E-state index in [1.807, 2.05) is 39.6 Å². The molecule has 21 atom stereocenters. The van der Waals surface area contributed by atoms with Gasteiger partial charge in [-0.05, 0) is 133 Å². The number of aliphatic hydroxyl groups excluding tert-OH is 1. The van der Waals surface area contributed by atoms with Crippen molar-refractivity contribution in [2.24, 2.45) is 0 Å². The number of likely N-dealkylation sites (N-methyl/N-ethyl adjacent to an activating group) is 1. The molecule has 0 bridgehead atoms. The molecular weight excluding hydrogens is 1640 g/mol. The van der Waals surface area contributed by atoms with Crippen molar-refractivity contribution in [3.8, 4) is 0 Å². The second-order valence-electron chi connectivity index (χ2n) is 30.9. The number of amides is 1. The first-order valence-corrected chi connectivity index (χ1v) is 49.6. The number of rotatable bonds is 43. The number of nitrogens with zero attached hydrogens (tertiary/aromatic N) is 16. The van der Waals surface area contributed by atoms with Gasteiger partial charge in [-0.2, -0.15) is 0 Å². The molecule has 0 radical (unpaired) electrons. The summed E-state index contributed by atoms with van der Waals surface area (Å²) in [4.78, 5) is 16.4. The van der Waals surface area contributed by atoms with Gasteiger partial charge in [0.15, 0.2) is 0 Å². The Morgan fingerprint density at radius 1 is 0.342 bits per heavy atom. The van der Waals surface area contributed by atoms with E-state index in [9.17, 15) is 13.9 Å². The Labute approximate surface area is 681 Å². The molecule has 0 aromatic carbocycles. The van der Waals surface area contributed by atoms with E-state index in [4.69, 9.17) is 88.3 Å². The maximum absolute atomic E-state index is 15.4. The van der Waals surface area contributed by atoms with Crippen LogP contribution in [0.25, 0.3) is 0 Å². The van der Waals surface area contributed by atoms with Gasteiger partial charge in [0, 0.05) is 118 Å². The van der Waals surface area contributed by atoms with E-state index in [-0.39, 0.29) is 177 Å². The third-order valence-electron chi connectivity index (χ3n) is 20.0. The molecule has 114 heavy (non-hydrogen) atoms. The molecule has 8 heterocycles. The van der Waals surface area contributed by atoms with Crippen molar-refractivity contribution in [2.75, 3.05) is 329 Å². The van der Waals surface area contributed by atoms with Crippen LogP contribution >= 0.6 is 53.7 Å². The highest BCUT2D eigenvalue weighted by Gasteiger charge is 2.51. The van der Waals surface area contributed by atoms with Crippen LogP contribution in [0.3, 0.4) is 0 Å². The molecule has 42 nitrogen and oxygen atoms in total. The number of hydrogen-bond donors (Lipinski definition) is 1. The Morgan fingerprint density at radius 2 is 0.596 bits per heavy atom. The fourth-order valence-corrected chi connectivity index (χ4v) is 28.3. The molecule has 1 N–H and O–H groups in total. The van der Waals surface area contributed by atoms with E-state index in [0.29, 0.717) is 26.2 Å². The number of hydrogen-bond acceptors (Lipinski definition) is 27. The molecule has 8 saturated heterocycles. The van der Waals surface area contributed by atoms with Crippen LogP contribution < -0.4 is 0 Å². The summed E-state index contributed by atoms with van der Waals surface area (Å²) in [6.07, 6.45) is -7.65. The van der Waals surface area contributed by atoms with Gasteiger partial charge in [0.25, 0.3) is 0 Å². The van der Waals surface area contributed by atoms with E-state index < -0.39 is 147 Å². The Kier molecular flexibility index (Phi) is 37.2. The van der Waals surface area contributed by atoms with E-state index >= 15 is 22.8 Å². The lowest BCUT2D eigenvalue weighted by Crippen LogP contribution is -2.51. The summed E-state index contributed by atoms with van der Waals surface area (Å²) >= 11 is 0. The van der Waals surface area contributed by atoms with Gasteiger partial charge in [-0.1, -0.05) is 0 Å². The van der Waals surface area contributed by atoms with Crippen molar-refractivity contribution in [3.63, 3.8) is 0 Å². The van der Waals surface area contributed by atoms with E-state index in [0.717, 1.165) is 0 Å². The molecule has 7 unspecified atom stereocenters. The van der Waals surface area contributed by atoms with Gasteiger partial charge in [-0.3, -0.25) is 32.0 Å². The lowest BCUT2D eigenvalue weighted by atomic mass is 10.2. The Balaban J connectivity index is 0.829. The zero-order chi connectivity index (χ0) is 86.3. The highest BCUT2D eigenvalue weighted by atomic mass is 31.2. The predicted octanol–water partition coefficient (Wildman–Crippen LogP) is 3.66. The molecule has 0 aromatic heterocycles. The minimum Gasteiger partial charge on any atom is -0.447 e. The molecule has 0 aromatic rings. The Hall–Kier alpha value is -0.400. The van der Waals surface area contributed by atoms with Crippen molar-refractivity contribution < 1.29 is 125 Å². The maximum Gasteiger partial charge on any atom is 0.409 e. The number of ether oxygens (including phenoxy) is 10. The SMILES string of the molecule is [3H][C@@H]1CN(P(=O)(OC[C@@H]2CN(P(=O)(OC[C@@H]3CN(P(=O)(OC[C@@H]4CN(P(=O)(OC[C@@H]5CN(P(=O)(OC[C@@H]6CN(C)C[C@H]([3H])O6)N(C)C)C[C@H](C)O5)N(C)C)C[C@H](C)O4)N(C)C)C[C@H](C)O3)N(C)C)C[C@@H]([3H])O2)N(C)C)C[C@@H](COP(=O)(N(C)C)N2C[C@@H](COP(=O)(N(C)C)N3CCN(C(=O)OCCOCCOCCO)CC3)O[C@@H](C)C2)O1. The molecule has 0 saturated carbocycles. The fraction of sp³-hybridized carbons (Fsp3) is 0.985. The fourth-order valence-electron chi connectivity index (χ4n) is 14.2. The zero-order valence-corrected chi connectivity index (χ0v) is 76.7. The van der Waals surface area contributed by atoms with E-state index in [1.165, 1.54) is 42.3 Å². The summed E-state index contributed by atoms with van der Waals surface area (Å²) in [6, 6.07) is 0. The molecule has 668 valence electrons. The van der Waals surface area contributed by atoms with Crippen LogP contribution in [0.2, 0.25) is 0 Å². The predicted molar refractivity (Wildman–Crippen MR) is 427 cm³/mol. The Bertz CT molecular complexity index is 3440. The zero-order valence-electron chi connectivity index (χ0n) is 73.4. The molecule has 8 fully saturated rings. The van der Waals surface area contributed by atoms with Crippen molar-refractivity contribution in [1.82, 2.24) is 75.2 Å². The summed E-state index contributed by atoms with van der Waals surface area (Å²) in [5.74, 6) is 0. The number of carbonyl (C=O) groups is 1. The van der Waals surface area contributed by atoms with Gasteiger partial charge in [0.1, 0.15) is 6.61 Å². The van der Waals surface area contributed by atoms with Crippen LogP contribution in [0, 0.1) is 0 Å². The van der Waals surface area contributed by atoms with Crippen LogP contribution in [0.4, 0.5) is 4.79 Å². The van der Waals surface area contributed by atoms with Crippen LogP contribution in [0.5, 0.6) is 0 Å². The van der Waals surface area contributed by atoms with E-state index in [2.05, 4.69) is 0 Å². The van der Waals surface area contributed by atoms with Crippen LogP contribution in [-0.2, 0) is 111 Å². The van der Waals surface area contributed by atoms with Gasteiger partial charge < -0.3 is 93.9 Å². The monoisotopic (exact) mass is 1780 g/mol. The summed E-state index contributed by atoms with van der Waals surface area (Å²) in [5.41, 5.74) is 0. The first-order chi connectivity index (χ1) is 54.9. The van der Waals surface area contributed by atoms with Gasteiger partial charge >= 0.3 is 59.8 Å². The second-order valence-corrected chi connectivity index (χ2v) is 49.2. The minimum absolute atomic E-state index is 0.0115. The highest BCUT2D eigenvalue weighted by Crippen LogP contribution is 2.61. The van der Waals surface area contributed by atoms with Crippen molar-refractivity contribution in [3.05, 3.63) is 0 Å². The van der Waals surface area contributed by atoms with Gasteiger partial charge in [0.2, 0.25) is 0 Å². The smallest absolute Gasteiger partial charge is 0.409 e. The maximum atomic E-state index is 15.4. The van der Waals surface area contributed by atoms with E-state index in [1.54, 1.807) is 127 Å². The first-order valence-electron chi connectivity index (χ1n) is 40.6. The quantitative estimate of drug-likeness (QED) is 0.0672. The molecule has 8 aliphatic heterocycles. The Morgan fingerprint density at radius 3 is 0.895 bits per heavy atom. The van der Waals surface area contributed by atoms with Gasteiger partial charge in [-0.25, -0.2) is 70.2 Å². The molecular formula is C65H137N16O26P7. The summed E-state index contributed by atoms with van der Waals surface area (Å²) in [6.45, 7) is 6.19. The lowest BCUT2D eigenvalue weighted by molar-refractivity contribution is -0.0917. The third kappa shape index (κ3) is 26.4.